The van der Waals surface area contributed by atoms with Crippen LogP contribution in [0.25, 0.3) is 0 Å². The van der Waals surface area contributed by atoms with Crippen molar-refractivity contribution in [2.75, 3.05) is 13.2 Å². The van der Waals surface area contributed by atoms with Gasteiger partial charge >= 0.3 is 0 Å². The molecule has 5 heteroatoms. The molecule has 0 spiro atoms. The summed E-state index contributed by atoms with van der Waals surface area (Å²) < 4.78 is 5.50. The molecule has 1 heterocycles. The normalized spacial score (nSPS) is 11.9. The van der Waals surface area contributed by atoms with Gasteiger partial charge in [0.1, 0.15) is 0 Å². The Morgan fingerprint density at radius 3 is 3.11 bits per heavy atom. The van der Waals surface area contributed by atoms with Crippen molar-refractivity contribution in [2.24, 2.45) is 5.73 Å². The summed E-state index contributed by atoms with van der Waals surface area (Å²) in [6.07, 6.45) is 6.57. The summed E-state index contributed by atoms with van der Waals surface area (Å²) in [6.45, 7) is 3.22. The molecular formula is C13H22N4O. The number of hydrogen-bond acceptors (Lipinski definition) is 4. The maximum absolute atomic E-state index is 5.96. The van der Waals surface area contributed by atoms with Crippen LogP contribution in [0.5, 0.6) is 0 Å². The van der Waals surface area contributed by atoms with Crippen molar-refractivity contribution in [1.29, 1.82) is 0 Å². The Bertz CT molecular complexity index is 353. The standard InChI is InChI=1S/C13H22N4O/c1-2-3-4-5-9-18-11-12(14)7-6-8-13-10-15-17-16-13/h10,12H,4-9,11,14H2,1H3,(H,15,16,17). The Labute approximate surface area is 108 Å². The first-order valence-electron chi connectivity index (χ1n) is 6.41. The number of H-pyrrole nitrogens is 1. The molecule has 0 radical (unpaired) electrons. The van der Waals surface area contributed by atoms with Gasteiger partial charge in [-0.25, -0.2) is 0 Å². The molecule has 0 aliphatic rings. The number of nitrogens with one attached hydrogen (secondary N) is 1. The van der Waals surface area contributed by atoms with Gasteiger partial charge < -0.3 is 10.5 Å². The molecule has 0 saturated heterocycles. The third-order valence-corrected chi connectivity index (χ3v) is 2.57. The topological polar surface area (TPSA) is 76.8 Å². The minimum absolute atomic E-state index is 0.106. The van der Waals surface area contributed by atoms with Crippen molar-refractivity contribution in [3.8, 4) is 11.8 Å². The molecule has 1 aromatic heterocycles. The minimum Gasteiger partial charge on any atom is -0.380 e. The van der Waals surface area contributed by atoms with E-state index in [0.717, 1.165) is 44.4 Å². The molecule has 1 aromatic rings. The smallest absolute Gasteiger partial charge is 0.0824 e. The van der Waals surface area contributed by atoms with Gasteiger partial charge in [0.2, 0.25) is 0 Å². The average Bonchev–Trinajstić information content (AvgIpc) is 2.87. The Balaban J connectivity index is 1.93. The Hall–Kier alpha value is -1.38. The van der Waals surface area contributed by atoms with Crippen LogP contribution in [0.15, 0.2) is 6.20 Å². The third kappa shape index (κ3) is 7.05. The van der Waals surface area contributed by atoms with E-state index in [4.69, 9.17) is 10.5 Å². The lowest BCUT2D eigenvalue weighted by Gasteiger charge is -2.11. The van der Waals surface area contributed by atoms with Gasteiger partial charge in [-0.15, -0.1) is 16.9 Å². The second kappa shape index (κ2) is 9.63. The number of aromatic amines is 1. The zero-order valence-corrected chi connectivity index (χ0v) is 11.0. The van der Waals surface area contributed by atoms with Crippen molar-refractivity contribution < 1.29 is 4.74 Å². The van der Waals surface area contributed by atoms with Crippen molar-refractivity contribution >= 4 is 0 Å². The summed E-state index contributed by atoms with van der Waals surface area (Å²) in [6, 6.07) is 0.106. The average molecular weight is 250 g/mol. The molecule has 1 atom stereocenters. The van der Waals surface area contributed by atoms with E-state index in [-0.39, 0.29) is 6.04 Å². The molecule has 0 saturated carbocycles. The fraction of sp³-hybridized carbons (Fsp3) is 0.692. The zero-order valence-electron chi connectivity index (χ0n) is 11.0. The van der Waals surface area contributed by atoms with E-state index in [1.807, 2.05) is 13.1 Å². The molecule has 5 nitrogen and oxygen atoms in total. The largest absolute Gasteiger partial charge is 0.380 e. The number of hydrogen-bond donors (Lipinski definition) is 2. The molecule has 1 unspecified atom stereocenters. The van der Waals surface area contributed by atoms with Crippen LogP contribution in [0.3, 0.4) is 0 Å². The van der Waals surface area contributed by atoms with Gasteiger partial charge in [0.05, 0.1) is 12.3 Å². The maximum atomic E-state index is 5.96. The SMILES string of the molecule is CC#CCCCOCC(N)CCCc1c[nH]nn1. The molecule has 0 aliphatic carbocycles. The summed E-state index contributed by atoms with van der Waals surface area (Å²) in [4.78, 5) is 0. The molecule has 0 aliphatic heterocycles. The maximum Gasteiger partial charge on any atom is 0.0824 e. The van der Waals surface area contributed by atoms with Crippen LogP contribution in [-0.2, 0) is 11.2 Å². The van der Waals surface area contributed by atoms with Gasteiger partial charge in [-0.1, -0.05) is 5.21 Å². The molecule has 0 fully saturated rings. The quantitative estimate of drug-likeness (QED) is 0.511. The van der Waals surface area contributed by atoms with Crippen LogP contribution in [0.2, 0.25) is 0 Å². The highest BCUT2D eigenvalue weighted by Crippen LogP contribution is 2.02. The number of rotatable bonds is 9. The van der Waals surface area contributed by atoms with E-state index in [9.17, 15) is 0 Å². The minimum atomic E-state index is 0.106. The van der Waals surface area contributed by atoms with E-state index in [2.05, 4.69) is 27.3 Å². The second-order valence-electron chi connectivity index (χ2n) is 4.22. The third-order valence-electron chi connectivity index (χ3n) is 2.57. The van der Waals surface area contributed by atoms with E-state index in [0.29, 0.717) is 6.61 Å². The monoisotopic (exact) mass is 250 g/mol. The molecule has 0 amide bonds. The second-order valence-corrected chi connectivity index (χ2v) is 4.22. The molecule has 3 N–H and O–H groups in total. The summed E-state index contributed by atoms with van der Waals surface area (Å²) in [5, 5.41) is 10.3. The molecule has 1 rings (SSSR count). The summed E-state index contributed by atoms with van der Waals surface area (Å²) in [5.74, 6) is 5.87. The Kier molecular flexibility index (Phi) is 7.85. The lowest BCUT2D eigenvalue weighted by molar-refractivity contribution is 0.117. The predicted octanol–water partition coefficient (Wildman–Crippen LogP) is 1.27. The molecule has 0 bridgehead atoms. The first kappa shape index (κ1) is 14.7. The zero-order chi connectivity index (χ0) is 13.1. The van der Waals surface area contributed by atoms with Gasteiger partial charge in [0.25, 0.3) is 0 Å². The summed E-state index contributed by atoms with van der Waals surface area (Å²) in [7, 11) is 0. The number of aryl methyl sites for hydroxylation is 1. The summed E-state index contributed by atoms with van der Waals surface area (Å²) >= 11 is 0. The van der Waals surface area contributed by atoms with E-state index >= 15 is 0 Å². The van der Waals surface area contributed by atoms with E-state index in [1.54, 1.807) is 0 Å². The van der Waals surface area contributed by atoms with Gasteiger partial charge in [0.15, 0.2) is 0 Å². The fourth-order valence-corrected chi connectivity index (χ4v) is 1.60. The number of unbranched alkanes of at least 4 members (excludes halogenated alkanes) is 1. The molecular weight excluding hydrogens is 228 g/mol. The Morgan fingerprint density at radius 1 is 1.50 bits per heavy atom. The van der Waals surface area contributed by atoms with E-state index < -0.39 is 0 Å². The first-order valence-corrected chi connectivity index (χ1v) is 6.41. The van der Waals surface area contributed by atoms with E-state index in [1.165, 1.54) is 0 Å². The van der Waals surface area contributed by atoms with Crippen molar-refractivity contribution in [2.45, 2.75) is 45.1 Å². The number of nitrogens with zero attached hydrogens (tertiary/aromatic N) is 2. The lowest BCUT2D eigenvalue weighted by atomic mass is 10.1. The lowest BCUT2D eigenvalue weighted by Crippen LogP contribution is -2.26. The van der Waals surface area contributed by atoms with Crippen molar-refractivity contribution in [3.05, 3.63) is 11.9 Å². The molecule has 0 aromatic carbocycles. The van der Waals surface area contributed by atoms with Gasteiger partial charge in [0, 0.05) is 25.3 Å². The van der Waals surface area contributed by atoms with Gasteiger partial charge in [-0.2, -0.15) is 0 Å². The Morgan fingerprint density at radius 2 is 2.39 bits per heavy atom. The highest BCUT2D eigenvalue weighted by Gasteiger charge is 2.03. The van der Waals surface area contributed by atoms with Crippen LogP contribution in [0, 0.1) is 11.8 Å². The van der Waals surface area contributed by atoms with Crippen LogP contribution in [-0.4, -0.2) is 34.7 Å². The van der Waals surface area contributed by atoms with Crippen LogP contribution in [0.1, 0.15) is 38.3 Å². The van der Waals surface area contributed by atoms with Gasteiger partial charge in [-0.05, 0) is 32.6 Å². The molecule has 18 heavy (non-hydrogen) atoms. The van der Waals surface area contributed by atoms with Gasteiger partial charge in [-0.3, -0.25) is 5.10 Å². The number of nitrogens with two attached hydrogens (primary N) is 1. The molecule has 100 valence electrons. The first-order chi connectivity index (χ1) is 8.83. The van der Waals surface area contributed by atoms with Crippen molar-refractivity contribution in [3.63, 3.8) is 0 Å². The van der Waals surface area contributed by atoms with Crippen LogP contribution in [0.4, 0.5) is 0 Å². The fourth-order valence-electron chi connectivity index (χ4n) is 1.60. The highest BCUT2D eigenvalue weighted by atomic mass is 16.5. The van der Waals surface area contributed by atoms with Crippen molar-refractivity contribution in [1.82, 2.24) is 15.4 Å². The van der Waals surface area contributed by atoms with Crippen LogP contribution >= 0.6 is 0 Å². The number of aromatic nitrogens is 3. The predicted molar refractivity (Wildman–Crippen MR) is 70.8 cm³/mol. The highest BCUT2D eigenvalue weighted by molar-refractivity contribution is 4.94. The summed E-state index contributed by atoms with van der Waals surface area (Å²) in [5.41, 5.74) is 6.94. The van der Waals surface area contributed by atoms with Crippen LogP contribution < -0.4 is 5.73 Å². The number of ether oxygens (including phenoxy) is 1.